The maximum atomic E-state index is 13.6. The van der Waals surface area contributed by atoms with Crippen LogP contribution in [0.1, 0.15) is 33.2 Å². The lowest BCUT2D eigenvalue weighted by molar-refractivity contribution is -0.384. The number of amides is 1. The highest BCUT2D eigenvalue weighted by Gasteiger charge is 2.36. The topological polar surface area (TPSA) is 79.2 Å². The lowest BCUT2D eigenvalue weighted by atomic mass is 9.91. The minimum absolute atomic E-state index is 0.0192. The molecule has 0 saturated carbocycles. The summed E-state index contributed by atoms with van der Waals surface area (Å²) in [4.78, 5) is 29.3. The number of hydrogen-bond acceptors (Lipinski definition) is 4. The maximum Gasteiger partial charge on any atom is 0.446 e. The summed E-state index contributed by atoms with van der Waals surface area (Å²) in [7, 11) is 0. The minimum atomic E-state index is -4.43. The quantitative estimate of drug-likeness (QED) is 0.173. The van der Waals surface area contributed by atoms with Crippen molar-refractivity contribution in [2.75, 3.05) is 6.54 Å². The van der Waals surface area contributed by atoms with E-state index < -0.39 is 16.5 Å². The largest absolute Gasteiger partial charge is 0.446 e. The number of aromatic nitrogens is 1. The number of nitrogens with zero attached hydrogens (tertiary/aromatic N) is 2. The van der Waals surface area contributed by atoms with E-state index in [-0.39, 0.29) is 38.8 Å². The molecule has 184 valence electrons. The molecule has 5 rings (SSSR count). The van der Waals surface area contributed by atoms with Crippen LogP contribution in [0.5, 0.6) is 0 Å². The summed E-state index contributed by atoms with van der Waals surface area (Å²) in [6, 6.07) is 16.7. The number of benzene rings is 3. The fourth-order valence-corrected chi connectivity index (χ4v) is 5.41. The summed E-state index contributed by atoms with van der Waals surface area (Å²) in [6.07, 6.45) is 0.560. The van der Waals surface area contributed by atoms with Crippen LogP contribution >= 0.6 is 23.4 Å². The molecule has 3 aromatic carbocycles. The Labute approximate surface area is 212 Å². The van der Waals surface area contributed by atoms with Gasteiger partial charge in [0.15, 0.2) is 0 Å². The third kappa shape index (κ3) is 4.54. The molecule has 0 saturated heterocycles. The fraction of sp³-hybridized carbons (Fsp3) is 0.160. The smallest absolute Gasteiger partial charge is 0.356 e. The number of H-pyrrole nitrogens is 1. The van der Waals surface area contributed by atoms with Crippen LogP contribution in [-0.4, -0.2) is 32.8 Å². The number of alkyl halides is 3. The lowest BCUT2D eigenvalue weighted by Crippen LogP contribution is -2.40. The van der Waals surface area contributed by atoms with Crippen molar-refractivity contribution in [3.05, 3.63) is 104 Å². The number of thioether (sulfide) groups is 1. The Kier molecular flexibility index (Phi) is 6.17. The molecule has 1 aromatic heterocycles. The highest BCUT2D eigenvalue weighted by Crippen LogP contribution is 2.41. The molecule has 2 heterocycles. The van der Waals surface area contributed by atoms with Gasteiger partial charge in [-0.05, 0) is 71.8 Å². The van der Waals surface area contributed by atoms with E-state index in [1.807, 2.05) is 24.3 Å². The molecule has 1 N–H and O–H groups in total. The van der Waals surface area contributed by atoms with Crippen LogP contribution in [0, 0.1) is 10.1 Å². The Morgan fingerprint density at radius 1 is 1.11 bits per heavy atom. The fourth-order valence-electron chi connectivity index (χ4n) is 4.61. The number of carbonyl (C=O) groups is 1. The monoisotopic (exact) mass is 531 g/mol. The van der Waals surface area contributed by atoms with Gasteiger partial charge in [0.05, 0.1) is 11.0 Å². The first kappa shape index (κ1) is 24.2. The van der Waals surface area contributed by atoms with Crippen LogP contribution in [0.2, 0.25) is 5.02 Å². The second kappa shape index (κ2) is 9.18. The molecule has 1 unspecified atom stereocenters. The Bertz CT molecular complexity index is 1490. The number of rotatable bonds is 4. The van der Waals surface area contributed by atoms with Crippen molar-refractivity contribution in [3.63, 3.8) is 0 Å². The van der Waals surface area contributed by atoms with E-state index >= 15 is 0 Å². The second-order valence-corrected chi connectivity index (χ2v) is 9.80. The van der Waals surface area contributed by atoms with Gasteiger partial charge in [-0.3, -0.25) is 14.9 Å². The van der Waals surface area contributed by atoms with Gasteiger partial charge in [-0.1, -0.05) is 29.8 Å². The van der Waals surface area contributed by atoms with Crippen LogP contribution in [0.25, 0.3) is 10.9 Å². The molecule has 0 aliphatic carbocycles. The van der Waals surface area contributed by atoms with E-state index in [0.717, 1.165) is 22.2 Å². The molecule has 1 amide bonds. The van der Waals surface area contributed by atoms with E-state index in [0.29, 0.717) is 18.5 Å². The molecule has 1 atom stereocenters. The number of nitro groups is 1. The van der Waals surface area contributed by atoms with Crippen molar-refractivity contribution in [3.8, 4) is 0 Å². The number of para-hydroxylation sites is 1. The van der Waals surface area contributed by atoms with E-state index in [9.17, 15) is 28.1 Å². The molecule has 0 fully saturated rings. The van der Waals surface area contributed by atoms with E-state index in [1.165, 1.54) is 36.4 Å². The molecule has 0 radical (unpaired) electrons. The first-order chi connectivity index (χ1) is 17.1. The highest BCUT2D eigenvalue weighted by atomic mass is 35.5. The van der Waals surface area contributed by atoms with Crippen molar-refractivity contribution in [1.29, 1.82) is 0 Å². The summed E-state index contributed by atoms with van der Waals surface area (Å²) in [5.41, 5.74) is -1.16. The summed E-state index contributed by atoms with van der Waals surface area (Å²) in [5, 5.41) is 12.2. The lowest BCUT2D eigenvalue weighted by Gasteiger charge is -2.36. The van der Waals surface area contributed by atoms with E-state index in [1.54, 1.807) is 11.0 Å². The zero-order valence-corrected chi connectivity index (χ0v) is 20.0. The van der Waals surface area contributed by atoms with Gasteiger partial charge in [-0.2, -0.15) is 13.2 Å². The van der Waals surface area contributed by atoms with Gasteiger partial charge in [0, 0.05) is 39.7 Å². The average Bonchev–Trinajstić information content (AvgIpc) is 3.21. The number of fused-ring (bicyclic) bond motifs is 3. The van der Waals surface area contributed by atoms with Crippen LogP contribution in [0.4, 0.5) is 18.9 Å². The van der Waals surface area contributed by atoms with Crippen molar-refractivity contribution in [2.24, 2.45) is 0 Å². The van der Waals surface area contributed by atoms with Gasteiger partial charge in [0.2, 0.25) is 0 Å². The average molecular weight is 532 g/mol. The second-order valence-electron chi connectivity index (χ2n) is 8.25. The summed E-state index contributed by atoms with van der Waals surface area (Å²) >= 11 is 5.97. The molecule has 1 aliphatic rings. The molecular formula is C25H17ClF3N3O3S. The summed E-state index contributed by atoms with van der Waals surface area (Å²) in [5.74, 6) is -0.373. The summed E-state index contributed by atoms with van der Waals surface area (Å²) in [6.45, 7) is 0.339. The Balaban J connectivity index is 1.58. The number of carbonyl (C=O) groups excluding carboxylic acids is 1. The van der Waals surface area contributed by atoms with Crippen LogP contribution in [0.15, 0.2) is 71.6 Å². The van der Waals surface area contributed by atoms with Crippen molar-refractivity contribution >= 4 is 45.9 Å². The first-order valence-electron chi connectivity index (χ1n) is 10.8. The van der Waals surface area contributed by atoms with Gasteiger partial charge >= 0.3 is 5.51 Å². The Hall–Kier alpha value is -3.50. The predicted octanol–water partition coefficient (Wildman–Crippen LogP) is 7.13. The Morgan fingerprint density at radius 3 is 2.50 bits per heavy atom. The molecule has 6 nitrogen and oxygen atoms in total. The molecule has 11 heteroatoms. The van der Waals surface area contributed by atoms with E-state index in [4.69, 9.17) is 11.6 Å². The van der Waals surface area contributed by atoms with Gasteiger partial charge in [0.25, 0.3) is 11.6 Å². The first-order valence-corrected chi connectivity index (χ1v) is 12.0. The molecule has 4 aromatic rings. The van der Waals surface area contributed by atoms with Gasteiger partial charge in [-0.15, -0.1) is 0 Å². The third-order valence-corrected chi connectivity index (χ3v) is 7.16. The number of halogens is 4. The van der Waals surface area contributed by atoms with Crippen molar-refractivity contribution in [1.82, 2.24) is 9.88 Å². The molecular weight excluding hydrogens is 515 g/mol. The highest BCUT2D eigenvalue weighted by molar-refractivity contribution is 8.00. The number of nitrogens with one attached hydrogen (secondary N) is 1. The standard InChI is InChI=1S/C25H17ClF3N3O3S/c26-19-13-15(7-10-21(19)32(34)35)23-22-18(17-3-1-2-4-20(17)30-22)11-12-31(23)24(33)14-5-8-16(9-6-14)36-25(27,28)29/h1-10,13,23,30H,11-12H2. The molecule has 0 bridgehead atoms. The minimum Gasteiger partial charge on any atom is -0.356 e. The van der Waals surface area contributed by atoms with Gasteiger partial charge < -0.3 is 9.88 Å². The van der Waals surface area contributed by atoms with Crippen LogP contribution in [0.3, 0.4) is 0 Å². The number of nitro benzene ring substituents is 1. The normalized spacial score (nSPS) is 15.7. The van der Waals surface area contributed by atoms with Gasteiger partial charge in [-0.25, -0.2) is 0 Å². The summed E-state index contributed by atoms with van der Waals surface area (Å²) < 4.78 is 38.1. The van der Waals surface area contributed by atoms with Crippen molar-refractivity contribution in [2.45, 2.75) is 22.9 Å². The van der Waals surface area contributed by atoms with Crippen LogP contribution in [-0.2, 0) is 6.42 Å². The number of aromatic amines is 1. The SMILES string of the molecule is O=C(c1ccc(SC(F)(F)F)cc1)N1CCc2c([nH]c3ccccc23)C1c1ccc([N+](=O)[O-])c(Cl)c1. The zero-order chi connectivity index (χ0) is 25.6. The Morgan fingerprint density at radius 2 is 1.83 bits per heavy atom. The third-order valence-electron chi connectivity index (χ3n) is 6.11. The maximum absolute atomic E-state index is 13.6. The van der Waals surface area contributed by atoms with Crippen molar-refractivity contribution < 1.29 is 22.9 Å². The molecule has 36 heavy (non-hydrogen) atoms. The van der Waals surface area contributed by atoms with Crippen LogP contribution < -0.4 is 0 Å². The molecule has 1 aliphatic heterocycles. The zero-order valence-electron chi connectivity index (χ0n) is 18.4. The van der Waals surface area contributed by atoms with E-state index in [2.05, 4.69) is 4.98 Å². The van der Waals surface area contributed by atoms with Gasteiger partial charge in [0.1, 0.15) is 5.02 Å². The molecule has 0 spiro atoms. The number of hydrogen-bond donors (Lipinski definition) is 1. The predicted molar refractivity (Wildman–Crippen MR) is 131 cm³/mol.